The lowest BCUT2D eigenvalue weighted by Crippen LogP contribution is -2.46. The zero-order valence-corrected chi connectivity index (χ0v) is 18.4. The van der Waals surface area contributed by atoms with Crippen LogP contribution in [0, 0.1) is 0 Å². The summed E-state index contributed by atoms with van der Waals surface area (Å²) in [7, 11) is 3.54. The van der Waals surface area contributed by atoms with E-state index in [-0.39, 0.29) is 17.2 Å². The number of ether oxygens (including phenoxy) is 1. The second kappa shape index (κ2) is 9.41. The van der Waals surface area contributed by atoms with Gasteiger partial charge in [0, 0.05) is 49.1 Å². The third-order valence-electron chi connectivity index (χ3n) is 6.68. The molecule has 1 unspecified atom stereocenters. The minimum absolute atomic E-state index is 0.0432. The summed E-state index contributed by atoms with van der Waals surface area (Å²) in [6, 6.07) is 16.4. The maximum Gasteiger partial charge on any atom is 0.225 e. The third-order valence-corrected chi connectivity index (χ3v) is 6.68. The number of hydrogen-bond acceptors (Lipinski definition) is 3. The zero-order chi connectivity index (χ0) is 21.7. The first kappa shape index (κ1) is 21.2. The van der Waals surface area contributed by atoms with E-state index in [0.717, 1.165) is 36.8 Å². The van der Waals surface area contributed by atoms with Crippen LogP contribution in [0.15, 0.2) is 53.5 Å². The number of nitrogens with zero attached hydrogens (tertiary/aromatic N) is 1. The van der Waals surface area contributed by atoms with Crippen LogP contribution in [-0.2, 0) is 10.2 Å². The van der Waals surface area contributed by atoms with Gasteiger partial charge in [-0.15, -0.1) is 0 Å². The first-order chi connectivity index (χ1) is 15.1. The van der Waals surface area contributed by atoms with Gasteiger partial charge in [0.15, 0.2) is 5.96 Å². The van der Waals surface area contributed by atoms with Crippen LogP contribution >= 0.6 is 0 Å². The van der Waals surface area contributed by atoms with Crippen LogP contribution in [0.5, 0.6) is 5.75 Å². The van der Waals surface area contributed by atoms with Gasteiger partial charge in [-0.1, -0.05) is 49.2 Å². The fraction of sp³-hybridized carbons (Fsp3) is 0.440. The summed E-state index contributed by atoms with van der Waals surface area (Å²) in [5, 5.41) is 9.97. The van der Waals surface area contributed by atoms with E-state index in [0.29, 0.717) is 13.0 Å². The molecule has 2 aromatic rings. The summed E-state index contributed by atoms with van der Waals surface area (Å²) < 4.78 is 5.67. The molecular formula is C25H32N4O2. The maximum atomic E-state index is 12.1. The van der Waals surface area contributed by atoms with Crippen LogP contribution in [0.3, 0.4) is 0 Å². The van der Waals surface area contributed by atoms with E-state index in [1.807, 2.05) is 30.3 Å². The molecule has 0 bridgehead atoms. The fourth-order valence-corrected chi connectivity index (χ4v) is 5.05. The van der Waals surface area contributed by atoms with Crippen LogP contribution in [0.2, 0.25) is 0 Å². The Bertz CT molecular complexity index is 950. The first-order valence-electron chi connectivity index (χ1n) is 11.1. The number of guanidine groups is 1. The zero-order valence-electron chi connectivity index (χ0n) is 18.4. The molecule has 1 heterocycles. The Hall–Kier alpha value is -3.02. The first-order valence-corrected chi connectivity index (χ1v) is 11.1. The van der Waals surface area contributed by atoms with Gasteiger partial charge in [-0.2, -0.15) is 0 Å². The predicted molar refractivity (Wildman–Crippen MR) is 125 cm³/mol. The highest BCUT2D eigenvalue weighted by molar-refractivity contribution is 5.94. The quantitative estimate of drug-likeness (QED) is 0.491. The van der Waals surface area contributed by atoms with Gasteiger partial charge in [-0.05, 0) is 30.5 Å². The molecule has 2 aliphatic rings. The van der Waals surface area contributed by atoms with Crippen molar-refractivity contribution in [1.29, 1.82) is 0 Å². The highest BCUT2D eigenvalue weighted by atomic mass is 16.5. The Morgan fingerprint density at radius 3 is 2.65 bits per heavy atom. The predicted octanol–water partition coefficient (Wildman–Crippen LogP) is 3.80. The van der Waals surface area contributed by atoms with E-state index in [1.165, 1.54) is 24.0 Å². The Kier molecular flexibility index (Phi) is 6.44. The molecule has 6 heteroatoms. The SMILES string of the molecule is CN=C(NCC1CC(=O)Nc2ccccc21)NCC1(c2ccccc2OC)CCCC1. The molecule has 1 fully saturated rings. The molecule has 2 aromatic carbocycles. The normalized spacial score (nSPS) is 20.0. The lowest BCUT2D eigenvalue weighted by molar-refractivity contribution is -0.116. The number of methoxy groups -OCH3 is 1. The summed E-state index contributed by atoms with van der Waals surface area (Å²) in [6.45, 7) is 1.46. The Labute approximate surface area is 184 Å². The minimum Gasteiger partial charge on any atom is -0.496 e. The van der Waals surface area contributed by atoms with E-state index in [4.69, 9.17) is 4.74 Å². The Balaban J connectivity index is 1.43. The van der Waals surface area contributed by atoms with Crippen molar-refractivity contribution in [2.75, 3.05) is 32.6 Å². The van der Waals surface area contributed by atoms with E-state index in [9.17, 15) is 4.79 Å². The minimum atomic E-state index is 0.0432. The molecule has 0 aromatic heterocycles. The molecular weight excluding hydrogens is 388 g/mol. The monoisotopic (exact) mass is 420 g/mol. The number of aliphatic imine (C=N–C) groups is 1. The highest BCUT2D eigenvalue weighted by Crippen LogP contribution is 2.44. The number of amides is 1. The molecule has 1 atom stereocenters. The second-order valence-electron chi connectivity index (χ2n) is 8.53. The van der Waals surface area contributed by atoms with Crippen LogP contribution in [-0.4, -0.2) is 39.1 Å². The van der Waals surface area contributed by atoms with Crippen LogP contribution < -0.4 is 20.7 Å². The van der Waals surface area contributed by atoms with E-state index < -0.39 is 0 Å². The molecule has 1 aliphatic heterocycles. The van der Waals surface area contributed by atoms with Crippen molar-refractivity contribution < 1.29 is 9.53 Å². The summed E-state index contributed by atoms with van der Waals surface area (Å²) >= 11 is 0. The van der Waals surface area contributed by atoms with Crippen molar-refractivity contribution in [1.82, 2.24) is 10.6 Å². The molecule has 1 saturated carbocycles. The largest absolute Gasteiger partial charge is 0.496 e. The second-order valence-corrected chi connectivity index (χ2v) is 8.53. The van der Waals surface area contributed by atoms with Crippen molar-refractivity contribution in [3.8, 4) is 5.75 Å². The van der Waals surface area contributed by atoms with Crippen molar-refractivity contribution in [2.45, 2.75) is 43.4 Å². The summed E-state index contributed by atoms with van der Waals surface area (Å²) in [4.78, 5) is 16.6. The Morgan fingerprint density at radius 2 is 1.87 bits per heavy atom. The topological polar surface area (TPSA) is 74.8 Å². The number of carbonyl (C=O) groups is 1. The van der Waals surface area contributed by atoms with Gasteiger partial charge in [0.1, 0.15) is 5.75 Å². The fourth-order valence-electron chi connectivity index (χ4n) is 5.05. The molecule has 0 spiro atoms. The van der Waals surface area contributed by atoms with E-state index >= 15 is 0 Å². The highest BCUT2D eigenvalue weighted by Gasteiger charge is 2.38. The van der Waals surface area contributed by atoms with Gasteiger partial charge >= 0.3 is 0 Å². The lowest BCUT2D eigenvalue weighted by Gasteiger charge is -2.32. The number of para-hydroxylation sites is 2. The molecule has 31 heavy (non-hydrogen) atoms. The molecule has 164 valence electrons. The maximum absolute atomic E-state index is 12.1. The molecule has 3 N–H and O–H groups in total. The van der Waals surface area contributed by atoms with Crippen LogP contribution in [0.4, 0.5) is 5.69 Å². The molecule has 0 saturated heterocycles. The standard InChI is InChI=1S/C25H32N4O2/c1-26-24(27-16-18-15-23(30)29-21-11-5-3-9-19(18)21)28-17-25(13-7-8-14-25)20-10-4-6-12-22(20)31-2/h3-6,9-12,18H,7-8,13-17H2,1-2H3,(H,29,30)(H2,26,27,28). The van der Waals surface area contributed by atoms with Crippen LogP contribution in [0.25, 0.3) is 0 Å². The molecule has 4 rings (SSSR count). The van der Waals surface area contributed by atoms with Crippen molar-refractivity contribution in [3.05, 3.63) is 59.7 Å². The number of fused-ring (bicyclic) bond motifs is 1. The van der Waals surface area contributed by atoms with E-state index in [1.54, 1.807) is 14.2 Å². The van der Waals surface area contributed by atoms with Gasteiger partial charge in [-0.25, -0.2) is 0 Å². The average Bonchev–Trinajstić information content (AvgIpc) is 3.29. The summed E-state index contributed by atoms with van der Waals surface area (Å²) in [6.07, 6.45) is 5.19. The third kappa shape index (κ3) is 4.53. The lowest BCUT2D eigenvalue weighted by atomic mass is 9.78. The number of benzene rings is 2. The molecule has 1 amide bonds. The molecule has 1 aliphatic carbocycles. The van der Waals surface area contributed by atoms with Gasteiger partial charge in [0.2, 0.25) is 5.91 Å². The summed E-state index contributed by atoms with van der Waals surface area (Å²) in [5.41, 5.74) is 3.40. The number of hydrogen-bond donors (Lipinski definition) is 3. The van der Waals surface area contributed by atoms with Gasteiger partial charge in [0.05, 0.1) is 7.11 Å². The summed E-state index contributed by atoms with van der Waals surface area (Å²) in [5.74, 6) is 1.91. The van der Waals surface area contributed by atoms with E-state index in [2.05, 4.69) is 39.1 Å². The van der Waals surface area contributed by atoms with Gasteiger partial charge < -0.3 is 20.7 Å². The molecule has 6 nitrogen and oxygen atoms in total. The van der Waals surface area contributed by atoms with Crippen molar-refractivity contribution in [2.24, 2.45) is 4.99 Å². The number of nitrogens with one attached hydrogen (secondary N) is 3. The number of anilines is 1. The molecule has 0 radical (unpaired) electrons. The number of carbonyl (C=O) groups excluding carboxylic acids is 1. The van der Waals surface area contributed by atoms with Gasteiger partial charge in [-0.3, -0.25) is 9.79 Å². The van der Waals surface area contributed by atoms with Crippen molar-refractivity contribution in [3.63, 3.8) is 0 Å². The van der Waals surface area contributed by atoms with Crippen LogP contribution in [0.1, 0.15) is 49.1 Å². The smallest absolute Gasteiger partial charge is 0.225 e. The number of rotatable bonds is 6. The van der Waals surface area contributed by atoms with Gasteiger partial charge in [0.25, 0.3) is 0 Å². The Morgan fingerprint density at radius 1 is 1.13 bits per heavy atom. The van der Waals surface area contributed by atoms with Crippen molar-refractivity contribution >= 4 is 17.6 Å². The average molecular weight is 421 g/mol.